The molecule has 0 unspecified atom stereocenters. The number of cyclic esters (lactones) is 1. The molecular weight excluding hydrogens is 454 g/mol. The fourth-order valence-electron chi connectivity index (χ4n) is 6.43. The van der Waals surface area contributed by atoms with E-state index in [1.165, 1.54) is 10.5 Å². The second-order valence-corrected chi connectivity index (χ2v) is 11.7. The van der Waals surface area contributed by atoms with Crippen LogP contribution in [-0.4, -0.2) is 65.4 Å². The number of hydrogen-bond acceptors (Lipinski definition) is 5. The molecule has 0 bridgehead atoms. The molecule has 1 aliphatic carbocycles. The number of hydrogen-bond donors (Lipinski definition) is 0. The summed E-state index contributed by atoms with van der Waals surface area (Å²) in [4.78, 5) is 45.5. The smallest absolute Gasteiger partial charge is 0.417 e. The Morgan fingerprint density at radius 2 is 1.56 bits per heavy atom. The monoisotopic (exact) mass is 487 g/mol. The summed E-state index contributed by atoms with van der Waals surface area (Å²) < 4.78 is 5.37. The van der Waals surface area contributed by atoms with Crippen molar-refractivity contribution in [1.29, 1.82) is 0 Å². The second-order valence-electron chi connectivity index (χ2n) is 11.7. The van der Waals surface area contributed by atoms with Crippen molar-refractivity contribution in [3.8, 4) is 0 Å². The highest BCUT2D eigenvalue weighted by atomic mass is 16.6. The van der Waals surface area contributed by atoms with Crippen molar-refractivity contribution in [3.05, 3.63) is 71.8 Å². The zero-order valence-electron chi connectivity index (χ0n) is 20.9. The van der Waals surface area contributed by atoms with Crippen molar-refractivity contribution >= 4 is 17.9 Å². The van der Waals surface area contributed by atoms with E-state index in [0.717, 1.165) is 25.1 Å². The van der Waals surface area contributed by atoms with Crippen LogP contribution in [0.4, 0.5) is 4.79 Å². The summed E-state index contributed by atoms with van der Waals surface area (Å²) in [7, 11) is 0. The number of nitrogens with zero attached hydrogens (tertiary/aromatic N) is 3. The number of amides is 3. The van der Waals surface area contributed by atoms with Crippen molar-refractivity contribution in [2.24, 2.45) is 22.7 Å². The van der Waals surface area contributed by atoms with Gasteiger partial charge in [-0.05, 0) is 23.0 Å². The number of imide groups is 1. The minimum Gasteiger partial charge on any atom is -0.446 e. The first kappa shape index (κ1) is 23.2. The van der Waals surface area contributed by atoms with Gasteiger partial charge in [0.05, 0.1) is 5.92 Å². The van der Waals surface area contributed by atoms with Gasteiger partial charge in [0.1, 0.15) is 12.6 Å². The van der Waals surface area contributed by atoms with E-state index in [1.54, 1.807) is 0 Å². The lowest BCUT2D eigenvalue weighted by Gasteiger charge is -2.51. The quantitative estimate of drug-likeness (QED) is 0.643. The normalized spacial score (nSPS) is 28.2. The second kappa shape index (κ2) is 8.44. The van der Waals surface area contributed by atoms with Crippen molar-refractivity contribution in [1.82, 2.24) is 14.7 Å². The average molecular weight is 488 g/mol. The molecular formula is C29H33N3O4. The van der Waals surface area contributed by atoms with Crippen LogP contribution in [0.15, 0.2) is 60.7 Å². The summed E-state index contributed by atoms with van der Waals surface area (Å²) in [6.07, 6.45) is 0.355. The number of carbonyl (C=O) groups excluding carboxylic acids is 3. The highest BCUT2D eigenvalue weighted by Gasteiger charge is 2.62. The van der Waals surface area contributed by atoms with Crippen LogP contribution in [-0.2, 0) is 20.9 Å². The van der Waals surface area contributed by atoms with Crippen LogP contribution in [0, 0.1) is 22.7 Å². The van der Waals surface area contributed by atoms with Crippen LogP contribution in [0.3, 0.4) is 0 Å². The Bertz CT molecular complexity index is 1180. The Kier molecular flexibility index (Phi) is 5.45. The fraction of sp³-hybridized carbons (Fsp3) is 0.483. The minimum atomic E-state index is -0.572. The molecule has 7 heteroatoms. The van der Waals surface area contributed by atoms with Gasteiger partial charge in [-0.25, -0.2) is 9.69 Å². The molecule has 6 rings (SSSR count). The molecule has 3 heterocycles. The van der Waals surface area contributed by atoms with Gasteiger partial charge >= 0.3 is 6.09 Å². The van der Waals surface area contributed by atoms with Gasteiger partial charge in [-0.3, -0.25) is 14.5 Å². The first-order valence-corrected chi connectivity index (χ1v) is 12.9. The highest BCUT2D eigenvalue weighted by Crippen LogP contribution is 2.55. The summed E-state index contributed by atoms with van der Waals surface area (Å²) >= 11 is 0. The third-order valence-electron chi connectivity index (χ3n) is 8.70. The molecule has 1 saturated carbocycles. The van der Waals surface area contributed by atoms with Gasteiger partial charge in [-0.1, -0.05) is 74.5 Å². The van der Waals surface area contributed by atoms with Gasteiger partial charge in [0.15, 0.2) is 0 Å². The van der Waals surface area contributed by atoms with Gasteiger partial charge in [0.2, 0.25) is 11.8 Å². The number of ether oxygens (including phenoxy) is 1. The van der Waals surface area contributed by atoms with Crippen LogP contribution >= 0.6 is 0 Å². The van der Waals surface area contributed by atoms with Crippen LogP contribution in [0.5, 0.6) is 0 Å². The van der Waals surface area contributed by atoms with E-state index in [2.05, 4.69) is 30.9 Å². The van der Waals surface area contributed by atoms with Gasteiger partial charge in [-0.2, -0.15) is 0 Å². The number of rotatable bonds is 5. The van der Waals surface area contributed by atoms with E-state index in [-0.39, 0.29) is 41.1 Å². The molecule has 0 aromatic heterocycles. The van der Waals surface area contributed by atoms with Crippen LogP contribution < -0.4 is 0 Å². The molecule has 188 valence electrons. The molecule has 0 N–H and O–H groups in total. The maximum Gasteiger partial charge on any atom is 0.417 e. The van der Waals surface area contributed by atoms with E-state index < -0.39 is 12.1 Å². The predicted octanol–water partition coefficient (Wildman–Crippen LogP) is 3.71. The largest absolute Gasteiger partial charge is 0.446 e. The third-order valence-corrected chi connectivity index (χ3v) is 8.70. The Hall–Kier alpha value is -3.19. The maximum atomic E-state index is 14.1. The Labute approximate surface area is 212 Å². The molecule has 7 nitrogen and oxygen atoms in total. The lowest BCUT2D eigenvalue weighted by atomic mass is 9.70. The Balaban J connectivity index is 1.25. The van der Waals surface area contributed by atoms with Gasteiger partial charge < -0.3 is 9.64 Å². The SMILES string of the molecule is CC1(C)C[C@@H]1C(=O)N1CC2(CN(Cc3ccccc3)C[C@@H]2C(=O)N2C(=O)OC[C@H]2c2ccccc2)C1. The zero-order valence-corrected chi connectivity index (χ0v) is 20.9. The Morgan fingerprint density at radius 1 is 0.917 bits per heavy atom. The van der Waals surface area contributed by atoms with E-state index in [1.807, 2.05) is 53.4 Å². The minimum absolute atomic E-state index is 0.0757. The molecule has 2 aromatic rings. The summed E-state index contributed by atoms with van der Waals surface area (Å²) in [5, 5.41) is 0. The first-order valence-electron chi connectivity index (χ1n) is 12.9. The standard InChI is InChI=1S/C29H33N3O4/c1-28(2)13-22(28)25(33)31-18-29(19-31)17-30(14-20-9-5-3-6-10-20)15-23(29)26(34)32-24(16-36-27(32)35)21-11-7-4-8-12-21/h3-12,22-24H,13-19H2,1-2H3/t22-,23-,24+/m1/s1. The van der Waals surface area contributed by atoms with E-state index >= 15 is 0 Å². The molecule has 36 heavy (non-hydrogen) atoms. The van der Waals surface area contributed by atoms with Crippen molar-refractivity contribution in [2.45, 2.75) is 32.9 Å². The number of carbonyl (C=O) groups is 3. The molecule has 3 aliphatic heterocycles. The van der Waals surface area contributed by atoms with Gasteiger partial charge in [0.25, 0.3) is 0 Å². The Morgan fingerprint density at radius 3 is 2.19 bits per heavy atom. The van der Waals surface area contributed by atoms with E-state index in [0.29, 0.717) is 19.6 Å². The molecule has 3 amide bonds. The predicted molar refractivity (Wildman–Crippen MR) is 133 cm³/mol. The maximum absolute atomic E-state index is 14.1. The first-order chi connectivity index (χ1) is 17.3. The molecule has 1 spiro atoms. The third kappa shape index (κ3) is 3.90. The molecule has 3 atom stereocenters. The number of likely N-dealkylation sites (tertiary alicyclic amines) is 2. The molecule has 3 saturated heterocycles. The molecule has 4 aliphatic rings. The number of benzene rings is 2. The van der Waals surface area contributed by atoms with Crippen molar-refractivity contribution in [3.63, 3.8) is 0 Å². The van der Waals surface area contributed by atoms with Crippen LogP contribution in [0.1, 0.15) is 37.4 Å². The summed E-state index contributed by atoms with van der Waals surface area (Å²) in [6.45, 7) is 7.61. The van der Waals surface area contributed by atoms with Crippen LogP contribution in [0.25, 0.3) is 0 Å². The average Bonchev–Trinajstić information content (AvgIpc) is 3.16. The zero-order chi connectivity index (χ0) is 25.1. The van der Waals surface area contributed by atoms with Gasteiger partial charge in [-0.15, -0.1) is 0 Å². The van der Waals surface area contributed by atoms with Crippen molar-refractivity contribution < 1.29 is 19.1 Å². The van der Waals surface area contributed by atoms with E-state index in [4.69, 9.17) is 4.74 Å². The fourth-order valence-corrected chi connectivity index (χ4v) is 6.43. The van der Waals surface area contributed by atoms with E-state index in [9.17, 15) is 14.4 Å². The van der Waals surface area contributed by atoms with Crippen molar-refractivity contribution in [2.75, 3.05) is 32.8 Å². The summed E-state index contributed by atoms with van der Waals surface area (Å²) in [5.41, 5.74) is 1.82. The highest BCUT2D eigenvalue weighted by molar-refractivity contribution is 5.96. The summed E-state index contributed by atoms with van der Waals surface area (Å²) in [5.74, 6) is -0.252. The van der Waals surface area contributed by atoms with Crippen LogP contribution in [0.2, 0.25) is 0 Å². The molecule has 2 aromatic carbocycles. The lowest BCUT2D eigenvalue weighted by Crippen LogP contribution is -2.64. The molecule has 0 radical (unpaired) electrons. The lowest BCUT2D eigenvalue weighted by molar-refractivity contribution is -0.154. The molecule has 4 fully saturated rings. The van der Waals surface area contributed by atoms with Gasteiger partial charge in [0, 0.05) is 44.1 Å². The summed E-state index contributed by atoms with van der Waals surface area (Å²) in [6, 6.07) is 19.4. The topological polar surface area (TPSA) is 70.2 Å².